The van der Waals surface area contributed by atoms with Gasteiger partial charge in [-0.3, -0.25) is 0 Å². The Morgan fingerprint density at radius 3 is 2.54 bits per heavy atom. The summed E-state index contributed by atoms with van der Waals surface area (Å²) in [5.74, 6) is -0.366. The molecule has 0 aromatic heterocycles. The second kappa shape index (κ2) is 11.5. The lowest BCUT2D eigenvalue weighted by atomic mass is 9.74. The van der Waals surface area contributed by atoms with Crippen LogP contribution in [0.5, 0.6) is 0 Å². The first kappa shape index (κ1) is 26.2. The van der Waals surface area contributed by atoms with Crippen molar-refractivity contribution < 1.29 is 27.0 Å². The van der Waals surface area contributed by atoms with E-state index in [4.69, 9.17) is 14.2 Å². The van der Waals surface area contributed by atoms with Crippen molar-refractivity contribution >= 4 is 9.84 Å². The smallest absolute Gasteiger partial charge is 0.163 e. The van der Waals surface area contributed by atoms with Crippen molar-refractivity contribution in [2.24, 2.45) is 0 Å². The van der Waals surface area contributed by atoms with Crippen LogP contribution in [0.25, 0.3) is 0 Å². The van der Waals surface area contributed by atoms with Crippen LogP contribution in [0.15, 0.2) is 48.5 Å². The molecule has 8 heteroatoms. The van der Waals surface area contributed by atoms with Gasteiger partial charge in [0.25, 0.3) is 0 Å². The number of nitrogens with one attached hydrogen (secondary N) is 1. The van der Waals surface area contributed by atoms with Crippen LogP contribution in [0.3, 0.4) is 0 Å². The summed E-state index contributed by atoms with van der Waals surface area (Å²) in [6.07, 6.45) is 1.62. The van der Waals surface area contributed by atoms with Crippen LogP contribution in [0.2, 0.25) is 0 Å². The number of hydrogen-bond donors (Lipinski definition) is 1. The highest BCUT2D eigenvalue weighted by Crippen LogP contribution is 2.37. The fraction of sp³-hybridized carbons (Fsp3) is 0.556. The first-order chi connectivity index (χ1) is 16.9. The molecule has 3 atom stereocenters. The van der Waals surface area contributed by atoms with E-state index < -0.39 is 20.3 Å². The van der Waals surface area contributed by atoms with Crippen LogP contribution in [-0.2, 0) is 35.9 Å². The van der Waals surface area contributed by atoms with E-state index in [2.05, 4.69) is 5.32 Å². The average Bonchev–Trinajstić information content (AvgIpc) is 2.86. The summed E-state index contributed by atoms with van der Waals surface area (Å²) in [4.78, 5) is 0. The van der Waals surface area contributed by atoms with E-state index in [0.29, 0.717) is 45.1 Å². The van der Waals surface area contributed by atoms with Gasteiger partial charge in [0.1, 0.15) is 5.82 Å². The standard InChI is InChI=1S/C27H36FNO5S/c1-20-25(35(30,31)26(18-29-20)21-6-4-3-5-7-21)16-22-8-9-23(17-24(22)28)27(10-12-33-13-11-27)19-34-15-14-32-2/h3-9,17,20,25-26,29H,10-16,18-19H2,1-2H3/t20-,25?,26-/m0/s1. The van der Waals surface area contributed by atoms with Gasteiger partial charge in [0.05, 0.1) is 30.3 Å². The summed E-state index contributed by atoms with van der Waals surface area (Å²) in [6.45, 7) is 4.87. The zero-order chi connectivity index (χ0) is 24.9. The molecule has 2 fully saturated rings. The van der Waals surface area contributed by atoms with Crippen molar-refractivity contribution in [3.8, 4) is 0 Å². The van der Waals surface area contributed by atoms with Crippen molar-refractivity contribution in [2.45, 2.75) is 48.1 Å². The summed E-state index contributed by atoms with van der Waals surface area (Å²) < 4.78 is 59.1. The normalized spacial score (nSPS) is 25.9. The second-order valence-corrected chi connectivity index (χ2v) is 12.0. The molecular weight excluding hydrogens is 469 g/mol. The van der Waals surface area contributed by atoms with Gasteiger partial charge >= 0.3 is 0 Å². The lowest BCUT2D eigenvalue weighted by molar-refractivity contribution is -0.0111. The Labute approximate surface area is 208 Å². The summed E-state index contributed by atoms with van der Waals surface area (Å²) in [7, 11) is -1.89. The van der Waals surface area contributed by atoms with Gasteiger partial charge in [-0.25, -0.2) is 12.8 Å². The molecule has 2 aliphatic heterocycles. The topological polar surface area (TPSA) is 73.9 Å². The molecule has 192 valence electrons. The molecule has 6 nitrogen and oxygen atoms in total. The monoisotopic (exact) mass is 505 g/mol. The summed E-state index contributed by atoms with van der Waals surface area (Å²) in [5, 5.41) is 1.99. The van der Waals surface area contributed by atoms with Crippen LogP contribution >= 0.6 is 0 Å². The summed E-state index contributed by atoms with van der Waals surface area (Å²) in [6, 6.07) is 14.2. The number of ether oxygens (including phenoxy) is 3. The molecule has 2 aromatic rings. The van der Waals surface area contributed by atoms with E-state index in [9.17, 15) is 8.42 Å². The van der Waals surface area contributed by atoms with E-state index in [-0.39, 0.29) is 23.7 Å². The second-order valence-electron chi connectivity index (χ2n) is 9.67. The Balaban J connectivity index is 1.55. The van der Waals surface area contributed by atoms with Gasteiger partial charge in [-0.05, 0) is 48.9 Å². The Bertz CT molecular complexity index is 1070. The van der Waals surface area contributed by atoms with E-state index in [1.807, 2.05) is 43.3 Å². The summed E-state index contributed by atoms with van der Waals surface area (Å²) >= 11 is 0. The lowest BCUT2D eigenvalue weighted by Gasteiger charge is -2.38. The molecule has 0 spiro atoms. The molecule has 0 saturated carbocycles. The van der Waals surface area contributed by atoms with Gasteiger partial charge in [-0.1, -0.05) is 42.5 Å². The number of benzene rings is 2. The Kier molecular flexibility index (Phi) is 8.60. The molecular formula is C27H36FNO5S. The average molecular weight is 506 g/mol. The van der Waals surface area contributed by atoms with Crippen molar-refractivity contribution in [1.82, 2.24) is 5.32 Å². The van der Waals surface area contributed by atoms with Crippen molar-refractivity contribution in [1.29, 1.82) is 0 Å². The number of methoxy groups -OCH3 is 1. The lowest BCUT2D eigenvalue weighted by Crippen LogP contribution is -2.53. The van der Waals surface area contributed by atoms with E-state index in [1.54, 1.807) is 19.2 Å². The van der Waals surface area contributed by atoms with Crippen molar-refractivity contribution in [2.75, 3.05) is 46.7 Å². The number of sulfone groups is 1. The number of hydrogen-bond acceptors (Lipinski definition) is 6. The zero-order valence-electron chi connectivity index (χ0n) is 20.5. The third-order valence-corrected chi connectivity index (χ3v) is 10.2. The molecule has 0 aliphatic carbocycles. The maximum atomic E-state index is 15.5. The molecule has 35 heavy (non-hydrogen) atoms. The Morgan fingerprint density at radius 1 is 1.11 bits per heavy atom. The highest BCUT2D eigenvalue weighted by molar-refractivity contribution is 7.92. The maximum Gasteiger partial charge on any atom is 0.163 e. The van der Waals surface area contributed by atoms with Gasteiger partial charge in [-0.2, -0.15) is 0 Å². The zero-order valence-corrected chi connectivity index (χ0v) is 21.4. The maximum absolute atomic E-state index is 15.5. The molecule has 1 N–H and O–H groups in total. The molecule has 2 heterocycles. The minimum Gasteiger partial charge on any atom is -0.382 e. The molecule has 2 aliphatic rings. The van der Waals surface area contributed by atoms with Crippen molar-refractivity contribution in [3.63, 3.8) is 0 Å². The highest BCUT2D eigenvalue weighted by Gasteiger charge is 2.43. The molecule has 1 unspecified atom stereocenters. The van der Waals surface area contributed by atoms with Crippen LogP contribution < -0.4 is 5.32 Å². The fourth-order valence-electron chi connectivity index (χ4n) is 5.25. The molecule has 0 amide bonds. The van der Waals surface area contributed by atoms with Gasteiger partial charge in [0.2, 0.25) is 0 Å². The number of rotatable bonds is 9. The largest absolute Gasteiger partial charge is 0.382 e. The van der Waals surface area contributed by atoms with Gasteiger partial charge in [0.15, 0.2) is 9.84 Å². The molecule has 2 saturated heterocycles. The quantitative estimate of drug-likeness (QED) is 0.525. The predicted molar refractivity (Wildman–Crippen MR) is 134 cm³/mol. The van der Waals surface area contributed by atoms with Gasteiger partial charge in [0, 0.05) is 38.3 Å². The molecule has 0 radical (unpaired) electrons. The Hall–Kier alpha value is -1.84. The minimum absolute atomic E-state index is 0.131. The van der Waals surface area contributed by atoms with E-state index >= 15 is 4.39 Å². The molecule has 2 aromatic carbocycles. The number of halogens is 1. The van der Waals surface area contributed by atoms with Crippen LogP contribution in [-0.4, -0.2) is 66.4 Å². The third kappa shape index (κ3) is 5.78. The van der Waals surface area contributed by atoms with Crippen LogP contribution in [0.4, 0.5) is 4.39 Å². The van der Waals surface area contributed by atoms with E-state index in [1.165, 1.54) is 0 Å². The first-order valence-corrected chi connectivity index (χ1v) is 13.9. The molecule has 4 rings (SSSR count). The van der Waals surface area contributed by atoms with Gasteiger partial charge in [-0.15, -0.1) is 0 Å². The Morgan fingerprint density at radius 2 is 1.86 bits per heavy atom. The highest BCUT2D eigenvalue weighted by atomic mass is 32.2. The van der Waals surface area contributed by atoms with Crippen LogP contribution in [0.1, 0.15) is 41.7 Å². The minimum atomic E-state index is -3.52. The van der Waals surface area contributed by atoms with Crippen molar-refractivity contribution in [3.05, 3.63) is 71.0 Å². The molecule has 0 bridgehead atoms. The SMILES string of the molecule is COCCOCC1(c2ccc(CC3[C@H](C)NC[C@@H](c4ccccc4)S3(=O)=O)c(F)c2)CCOCC1. The van der Waals surface area contributed by atoms with Gasteiger partial charge < -0.3 is 19.5 Å². The summed E-state index contributed by atoms with van der Waals surface area (Å²) in [5.41, 5.74) is 1.74. The van der Waals surface area contributed by atoms with Crippen LogP contribution in [0, 0.1) is 5.82 Å². The fourth-order valence-corrected chi connectivity index (χ4v) is 7.62. The predicted octanol–water partition coefficient (Wildman–Crippen LogP) is 3.60. The first-order valence-electron chi connectivity index (χ1n) is 12.3. The van der Waals surface area contributed by atoms with E-state index in [0.717, 1.165) is 24.0 Å². The third-order valence-electron chi connectivity index (χ3n) is 7.52.